The van der Waals surface area contributed by atoms with Gasteiger partial charge in [0.1, 0.15) is 5.69 Å². The van der Waals surface area contributed by atoms with E-state index in [9.17, 15) is 4.79 Å². The van der Waals surface area contributed by atoms with Gasteiger partial charge in [-0.15, -0.1) is 0 Å². The molecular formula is C22H25N3O3. The first-order valence-corrected chi connectivity index (χ1v) is 9.64. The standard InChI is InChI=1S/C22H25N3O3/c1-14(17-9-5-4-6-10-17)23-15(2)21-22(26)25(13-20-27-16(3)28-20)19-12-8-7-11-18(19)24-21/h4-12,14-16,20,23H,13H2,1-3H3. The molecule has 0 bridgehead atoms. The third kappa shape index (κ3) is 3.71. The van der Waals surface area contributed by atoms with E-state index < -0.39 is 6.29 Å². The summed E-state index contributed by atoms with van der Waals surface area (Å²) in [5, 5.41) is 3.50. The van der Waals surface area contributed by atoms with Gasteiger partial charge in [-0.3, -0.25) is 4.79 Å². The molecule has 28 heavy (non-hydrogen) atoms. The first-order valence-electron chi connectivity index (χ1n) is 9.64. The van der Waals surface area contributed by atoms with Crippen LogP contribution >= 0.6 is 0 Å². The van der Waals surface area contributed by atoms with E-state index in [4.69, 9.17) is 9.47 Å². The molecule has 146 valence electrons. The summed E-state index contributed by atoms with van der Waals surface area (Å²) < 4.78 is 12.8. The number of hydrogen-bond acceptors (Lipinski definition) is 5. The Morgan fingerprint density at radius 3 is 2.43 bits per heavy atom. The van der Waals surface area contributed by atoms with Crippen LogP contribution in [0.3, 0.4) is 0 Å². The van der Waals surface area contributed by atoms with E-state index in [0.717, 1.165) is 11.0 Å². The monoisotopic (exact) mass is 379 g/mol. The van der Waals surface area contributed by atoms with Crippen LogP contribution in [0, 0.1) is 0 Å². The molecule has 1 aromatic heterocycles. The Labute approximate surface area is 164 Å². The van der Waals surface area contributed by atoms with Crippen LogP contribution in [-0.4, -0.2) is 22.1 Å². The van der Waals surface area contributed by atoms with Crippen molar-refractivity contribution in [2.75, 3.05) is 0 Å². The minimum Gasteiger partial charge on any atom is -0.322 e. The zero-order valence-corrected chi connectivity index (χ0v) is 16.3. The van der Waals surface area contributed by atoms with Crippen LogP contribution in [0.5, 0.6) is 0 Å². The Hall–Kier alpha value is -2.54. The molecule has 0 radical (unpaired) electrons. The summed E-state index contributed by atoms with van der Waals surface area (Å²) in [6.45, 7) is 6.25. The van der Waals surface area contributed by atoms with E-state index in [1.807, 2.05) is 56.3 Å². The summed E-state index contributed by atoms with van der Waals surface area (Å²) in [5.41, 5.74) is 3.11. The highest BCUT2D eigenvalue weighted by molar-refractivity contribution is 5.74. The van der Waals surface area contributed by atoms with E-state index in [2.05, 4.69) is 29.4 Å². The number of nitrogens with zero attached hydrogens (tertiary/aromatic N) is 2. The molecule has 2 aromatic carbocycles. The average molecular weight is 379 g/mol. The first-order chi connectivity index (χ1) is 13.5. The molecule has 0 spiro atoms. The number of rotatable bonds is 6. The highest BCUT2D eigenvalue weighted by atomic mass is 16.9. The predicted molar refractivity (Wildman–Crippen MR) is 108 cm³/mol. The van der Waals surface area contributed by atoms with E-state index in [1.165, 1.54) is 5.56 Å². The minimum atomic E-state index is -0.405. The molecule has 6 nitrogen and oxygen atoms in total. The van der Waals surface area contributed by atoms with Crippen LogP contribution in [0.1, 0.15) is 44.1 Å². The van der Waals surface area contributed by atoms with Gasteiger partial charge in [0, 0.05) is 6.04 Å². The number of ether oxygens (including phenoxy) is 2. The summed E-state index contributed by atoms with van der Waals surface area (Å²) in [4.78, 5) is 17.9. The van der Waals surface area contributed by atoms with E-state index in [1.54, 1.807) is 4.57 Å². The molecule has 0 aliphatic carbocycles. The van der Waals surface area contributed by atoms with Crippen molar-refractivity contribution in [2.45, 2.75) is 52.0 Å². The molecule has 1 aliphatic rings. The van der Waals surface area contributed by atoms with E-state index >= 15 is 0 Å². The van der Waals surface area contributed by atoms with Gasteiger partial charge in [0.2, 0.25) is 0 Å². The maximum atomic E-state index is 13.2. The van der Waals surface area contributed by atoms with E-state index in [-0.39, 0.29) is 23.9 Å². The molecule has 2 heterocycles. The predicted octanol–water partition coefficient (Wildman–Crippen LogP) is 3.53. The average Bonchev–Trinajstić information content (AvgIpc) is 2.69. The third-order valence-electron chi connectivity index (χ3n) is 5.11. The SMILES string of the molecule is CC1OC(Cn2c(=O)c(C(C)NC(C)c3ccccc3)nc3ccccc32)O1. The second-order valence-electron chi connectivity index (χ2n) is 7.19. The van der Waals surface area contributed by atoms with E-state index in [0.29, 0.717) is 12.2 Å². The van der Waals surface area contributed by atoms with Crippen molar-refractivity contribution in [2.24, 2.45) is 0 Å². The lowest BCUT2D eigenvalue weighted by Gasteiger charge is -2.34. The molecule has 1 fully saturated rings. The van der Waals surface area contributed by atoms with Crippen molar-refractivity contribution >= 4 is 11.0 Å². The molecule has 0 saturated carbocycles. The Bertz CT molecular complexity index is 1010. The number of para-hydroxylation sites is 2. The smallest absolute Gasteiger partial charge is 0.274 e. The summed E-state index contributed by atoms with van der Waals surface area (Å²) in [5.74, 6) is 0. The number of hydrogen-bond donors (Lipinski definition) is 1. The number of benzene rings is 2. The summed E-state index contributed by atoms with van der Waals surface area (Å²) in [7, 11) is 0. The maximum Gasteiger partial charge on any atom is 0.274 e. The first kappa shape index (κ1) is 18.8. The second kappa shape index (κ2) is 7.83. The van der Waals surface area contributed by atoms with Gasteiger partial charge in [-0.05, 0) is 38.5 Å². The Morgan fingerprint density at radius 2 is 1.71 bits per heavy atom. The largest absolute Gasteiger partial charge is 0.322 e. The molecule has 3 aromatic rings. The molecule has 2 atom stereocenters. The van der Waals surface area contributed by atoms with Crippen molar-refractivity contribution < 1.29 is 9.47 Å². The zero-order valence-electron chi connectivity index (χ0n) is 16.3. The van der Waals surface area contributed by atoms with Crippen molar-refractivity contribution in [1.82, 2.24) is 14.9 Å². The fraction of sp³-hybridized carbons (Fsp3) is 0.364. The van der Waals surface area contributed by atoms with Crippen molar-refractivity contribution in [1.29, 1.82) is 0 Å². The van der Waals surface area contributed by atoms with Crippen LogP contribution in [0.4, 0.5) is 0 Å². The van der Waals surface area contributed by atoms with Gasteiger partial charge in [-0.25, -0.2) is 4.98 Å². The lowest BCUT2D eigenvalue weighted by atomic mass is 10.1. The Kier molecular flexibility index (Phi) is 5.26. The lowest BCUT2D eigenvalue weighted by Crippen LogP contribution is -2.44. The highest BCUT2D eigenvalue weighted by Crippen LogP contribution is 2.21. The van der Waals surface area contributed by atoms with Gasteiger partial charge < -0.3 is 19.4 Å². The quantitative estimate of drug-likeness (QED) is 0.710. The van der Waals surface area contributed by atoms with Crippen molar-refractivity contribution in [3.8, 4) is 0 Å². The molecular weight excluding hydrogens is 354 g/mol. The van der Waals surface area contributed by atoms with Crippen LogP contribution in [-0.2, 0) is 16.0 Å². The van der Waals surface area contributed by atoms with Crippen LogP contribution < -0.4 is 10.9 Å². The Morgan fingerprint density at radius 1 is 1.04 bits per heavy atom. The fourth-order valence-corrected chi connectivity index (χ4v) is 3.64. The lowest BCUT2D eigenvalue weighted by molar-refractivity contribution is -0.379. The highest BCUT2D eigenvalue weighted by Gasteiger charge is 2.29. The van der Waals surface area contributed by atoms with Crippen LogP contribution in [0.25, 0.3) is 11.0 Å². The maximum absolute atomic E-state index is 13.2. The number of fused-ring (bicyclic) bond motifs is 1. The van der Waals surface area contributed by atoms with Crippen LogP contribution in [0.2, 0.25) is 0 Å². The summed E-state index contributed by atoms with van der Waals surface area (Å²) in [6.07, 6.45) is -0.626. The Balaban J connectivity index is 1.66. The van der Waals surface area contributed by atoms with Crippen molar-refractivity contribution in [3.05, 3.63) is 76.2 Å². The molecule has 1 N–H and O–H groups in total. The van der Waals surface area contributed by atoms with Gasteiger partial charge >= 0.3 is 0 Å². The third-order valence-corrected chi connectivity index (χ3v) is 5.11. The zero-order chi connectivity index (χ0) is 19.7. The number of aromatic nitrogens is 2. The van der Waals surface area contributed by atoms with Gasteiger partial charge in [0.25, 0.3) is 5.56 Å². The fourth-order valence-electron chi connectivity index (χ4n) is 3.64. The molecule has 6 heteroatoms. The molecule has 1 aliphatic heterocycles. The van der Waals surface area contributed by atoms with Crippen molar-refractivity contribution in [3.63, 3.8) is 0 Å². The summed E-state index contributed by atoms with van der Waals surface area (Å²) in [6, 6.07) is 17.7. The van der Waals surface area contributed by atoms with Crippen LogP contribution in [0.15, 0.2) is 59.4 Å². The summed E-state index contributed by atoms with van der Waals surface area (Å²) >= 11 is 0. The normalized spacial score (nSPS) is 21.2. The molecule has 0 amide bonds. The molecule has 2 unspecified atom stereocenters. The van der Waals surface area contributed by atoms with Gasteiger partial charge in [0.05, 0.1) is 23.6 Å². The molecule has 4 rings (SSSR count). The second-order valence-corrected chi connectivity index (χ2v) is 7.19. The minimum absolute atomic E-state index is 0.0940. The van der Waals surface area contributed by atoms with Gasteiger partial charge in [-0.1, -0.05) is 42.5 Å². The van der Waals surface area contributed by atoms with Gasteiger partial charge in [0.15, 0.2) is 12.6 Å². The molecule has 1 saturated heterocycles. The number of nitrogens with one attached hydrogen (secondary N) is 1. The topological polar surface area (TPSA) is 65.4 Å². The van der Waals surface area contributed by atoms with Gasteiger partial charge in [-0.2, -0.15) is 0 Å².